The van der Waals surface area contributed by atoms with Crippen molar-refractivity contribution >= 4 is 34.8 Å². The maximum atomic E-state index is 6.04. The SMILES string of the molecule is C=C1C(CCCl)=CC2=CCC(CC)C(=Nc3ccc(N4CCNCC4)nc3)N=C2N1CC. The second-order valence-corrected chi connectivity index (χ2v) is 8.69. The minimum absolute atomic E-state index is 0.269. The first-order valence-electron chi connectivity index (χ1n) is 11.7. The maximum Gasteiger partial charge on any atom is 0.142 e. The third kappa shape index (κ3) is 4.81. The van der Waals surface area contributed by atoms with Gasteiger partial charge < -0.3 is 15.1 Å². The van der Waals surface area contributed by atoms with Crippen LogP contribution in [-0.4, -0.2) is 60.2 Å². The number of amidine groups is 2. The number of piperazine rings is 1. The van der Waals surface area contributed by atoms with Crippen LogP contribution < -0.4 is 10.2 Å². The van der Waals surface area contributed by atoms with Crippen LogP contribution in [0.15, 0.2) is 63.9 Å². The van der Waals surface area contributed by atoms with Gasteiger partial charge in [-0.3, -0.25) is 0 Å². The Labute approximate surface area is 196 Å². The molecule has 0 saturated carbocycles. The number of nitrogens with one attached hydrogen (secondary N) is 1. The van der Waals surface area contributed by atoms with Gasteiger partial charge in [0.05, 0.1) is 11.9 Å². The molecular formula is C25H33ClN6. The molecule has 6 nitrogen and oxygen atoms in total. The number of alkyl halides is 1. The smallest absolute Gasteiger partial charge is 0.142 e. The van der Waals surface area contributed by atoms with Crippen molar-refractivity contribution in [2.45, 2.75) is 33.1 Å². The third-order valence-electron chi connectivity index (χ3n) is 6.34. The number of likely N-dealkylation sites (N-methyl/N-ethyl adjacent to an activating group) is 1. The summed E-state index contributed by atoms with van der Waals surface area (Å²) in [6.07, 6.45) is 9.08. The molecule has 1 aromatic heterocycles. The molecule has 1 aromatic rings. The number of pyridine rings is 1. The predicted molar refractivity (Wildman–Crippen MR) is 135 cm³/mol. The average Bonchev–Trinajstić information content (AvgIpc) is 2.99. The van der Waals surface area contributed by atoms with Crippen LogP contribution in [0, 0.1) is 5.92 Å². The fourth-order valence-corrected chi connectivity index (χ4v) is 4.63. The lowest BCUT2D eigenvalue weighted by Gasteiger charge is -2.32. The highest BCUT2D eigenvalue weighted by Gasteiger charge is 2.28. The second kappa shape index (κ2) is 10.5. The topological polar surface area (TPSA) is 56.1 Å². The third-order valence-corrected chi connectivity index (χ3v) is 6.53. The Morgan fingerprint density at radius 3 is 2.72 bits per heavy atom. The molecule has 3 aliphatic rings. The molecule has 1 atom stereocenters. The molecule has 0 aromatic carbocycles. The van der Waals surface area contributed by atoms with Crippen LogP contribution in [0.2, 0.25) is 0 Å². The number of anilines is 1. The van der Waals surface area contributed by atoms with Crippen LogP contribution in [0.3, 0.4) is 0 Å². The first kappa shape index (κ1) is 22.7. The summed E-state index contributed by atoms with van der Waals surface area (Å²) in [7, 11) is 0. The van der Waals surface area contributed by atoms with Crippen molar-refractivity contribution in [3.8, 4) is 0 Å². The fourth-order valence-electron chi connectivity index (χ4n) is 4.42. The Balaban J connectivity index is 1.66. The number of rotatable bonds is 6. The van der Waals surface area contributed by atoms with E-state index in [1.165, 1.54) is 5.57 Å². The van der Waals surface area contributed by atoms with E-state index in [0.29, 0.717) is 5.88 Å². The lowest BCUT2D eigenvalue weighted by Crippen LogP contribution is -2.43. The van der Waals surface area contributed by atoms with Crippen LogP contribution in [0.4, 0.5) is 11.5 Å². The van der Waals surface area contributed by atoms with Crippen LogP contribution in [0.25, 0.3) is 0 Å². The Hall–Kier alpha value is -2.44. The summed E-state index contributed by atoms with van der Waals surface area (Å²) in [6, 6.07) is 4.13. The van der Waals surface area contributed by atoms with Gasteiger partial charge in [-0.25, -0.2) is 15.0 Å². The summed E-state index contributed by atoms with van der Waals surface area (Å²) >= 11 is 6.04. The minimum atomic E-state index is 0.269. The number of hydrogen-bond donors (Lipinski definition) is 1. The molecule has 32 heavy (non-hydrogen) atoms. The van der Waals surface area contributed by atoms with Gasteiger partial charge in [-0.1, -0.05) is 19.6 Å². The van der Waals surface area contributed by atoms with E-state index in [0.717, 1.165) is 86.4 Å². The van der Waals surface area contributed by atoms with Crippen molar-refractivity contribution in [1.82, 2.24) is 15.2 Å². The molecule has 4 heterocycles. The van der Waals surface area contributed by atoms with Crippen molar-refractivity contribution in [2.24, 2.45) is 15.9 Å². The van der Waals surface area contributed by atoms with Gasteiger partial charge in [-0.15, -0.1) is 11.6 Å². The fraction of sp³-hybridized carbons (Fsp3) is 0.480. The predicted octanol–water partition coefficient (Wildman–Crippen LogP) is 4.68. The molecule has 4 rings (SSSR count). The molecule has 0 spiro atoms. The van der Waals surface area contributed by atoms with Crippen LogP contribution >= 0.6 is 11.6 Å². The van der Waals surface area contributed by atoms with Gasteiger partial charge in [0.25, 0.3) is 0 Å². The van der Waals surface area contributed by atoms with Gasteiger partial charge in [0, 0.05) is 55.8 Å². The summed E-state index contributed by atoms with van der Waals surface area (Å²) < 4.78 is 0. The highest BCUT2D eigenvalue weighted by Crippen LogP contribution is 2.32. The van der Waals surface area contributed by atoms with Gasteiger partial charge in [0.15, 0.2) is 0 Å². The zero-order valence-corrected chi connectivity index (χ0v) is 19.9. The van der Waals surface area contributed by atoms with E-state index in [1.54, 1.807) is 0 Å². The molecule has 1 N–H and O–H groups in total. The summed E-state index contributed by atoms with van der Waals surface area (Å²) in [5.74, 6) is 3.67. The molecule has 3 aliphatic heterocycles. The van der Waals surface area contributed by atoms with Crippen LogP contribution in [0.5, 0.6) is 0 Å². The summed E-state index contributed by atoms with van der Waals surface area (Å²) in [5.41, 5.74) is 4.17. The van der Waals surface area contributed by atoms with Crippen molar-refractivity contribution in [3.05, 3.63) is 53.9 Å². The lowest BCUT2D eigenvalue weighted by molar-refractivity contribution is 0.544. The molecule has 7 heteroatoms. The number of halogens is 1. The van der Waals surface area contributed by atoms with E-state index in [4.69, 9.17) is 21.6 Å². The normalized spacial score (nSPS) is 22.8. The summed E-state index contributed by atoms with van der Waals surface area (Å²) in [4.78, 5) is 19.2. The van der Waals surface area contributed by atoms with E-state index in [2.05, 4.69) is 64.8 Å². The highest BCUT2D eigenvalue weighted by molar-refractivity contribution is 6.18. The molecule has 1 saturated heterocycles. The van der Waals surface area contributed by atoms with Gasteiger partial charge >= 0.3 is 0 Å². The Kier molecular flexibility index (Phi) is 7.43. The molecule has 170 valence electrons. The van der Waals surface area contributed by atoms with E-state index in [9.17, 15) is 0 Å². The number of hydrogen-bond acceptors (Lipinski definition) is 5. The van der Waals surface area contributed by atoms with Crippen molar-refractivity contribution < 1.29 is 0 Å². The lowest BCUT2D eigenvalue weighted by atomic mass is 9.96. The summed E-state index contributed by atoms with van der Waals surface area (Å²) in [5, 5.41) is 3.38. The standard InChI is InChI=1S/C25H33ClN6/c1-4-19-6-7-21-16-20(10-11-26)18(3)32(5-2)25(21)30-24(19)29-22-8-9-23(28-17-22)31-14-12-27-13-15-31/h7-9,16-17,19,27H,3-6,10-15H2,1-2H3. The second-order valence-electron chi connectivity index (χ2n) is 8.32. The first-order valence-corrected chi connectivity index (χ1v) is 12.2. The van der Waals surface area contributed by atoms with Crippen molar-refractivity contribution in [1.29, 1.82) is 0 Å². The quantitative estimate of drug-likeness (QED) is 0.636. The van der Waals surface area contributed by atoms with Gasteiger partial charge in [-0.2, -0.15) is 0 Å². The largest absolute Gasteiger partial charge is 0.354 e. The summed E-state index contributed by atoms with van der Waals surface area (Å²) in [6.45, 7) is 13.4. The number of allylic oxidation sites excluding steroid dienone is 2. The molecule has 0 radical (unpaired) electrons. The molecule has 0 bridgehead atoms. The molecule has 1 unspecified atom stereocenters. The molecule has 1 fully saturated rings. The Morgan fingerprint density at radius 1 is 1.25 bits per heavy atom. The number of nitrogens with zero attached hydrogens (tertiary/aromatic N) is 5. The van der Waals surface area contributed by atoms with Gasteiger partial charge in [-0.05, 0) is 50.0 Å². The molecular weight excluding hydrogens is 420 g/mol. The highest BCUT2D eigenvalue weighted by atomic mass is 35.5. The van der Waals surface area contributed by atoms with E-state index < -0.39 is 0 Å². The molecule has 0 amide bonds. The van der Waals surface area contributed by atoms with Gasteiger partial charge in [0.1, 0.15) is 17.5 Å². The Morgan fingerprint density at radius 2 is 2.06 bits per heavy atom. The number of aromatic nitrogens is 1. The molecule has 0 aliphatic carbocycles. The first-order chi connectivity index (χ1) is 15.6. The van der Waals surface area contributed by atoms with Crippen LogP contribution in [0.1, 0.15) is 33.1 Å². The van der Waals surface area contributed by atoms with Crippen molar-refractivity contribution in [2.75, 3.05) is 43.5 Å². The zero-order chi connectivity index (χ0) is 22.5. The monoisotopic (exact) mass is 452 g/mol. The van der Waals surface area contributed by atoms with E-state index in [-0.39, 0.29) is 5.92 Å². The number of fused-ring (bicyclic) bond motifs is 1. The number of aliphatic imine (C=N–C) groups is 2. The van der Waals surface area contributed by atoms with E-state index >= 15 is 0 Å². The zero-order valence-electron chi connectivity index (χ0n) is 19.1. The van der Waals surface area contributed by atoms with Crippen LogP contribution in [-0.2, 0) is 0 Å². The van der Waals surface area contributed by atoms with E-state index in [1.807, 2.05) is 6.20 Å². The van der Waals surface area contributed by atoms with Gasteiger partial charge in [0.2, 0.25) is 0 Å². The Bertz CT molecular complexity index is 953. The van der Waals surface area contributed by atoms with Crippen molar-refractivity contribution in [3.63, 3.8) is 0 Å². The maximum absolute atomic E-state index is 6.04. The average molecular weight is 453 g/mol. The minimum Gasteiger partial charge on any atom is -0.354 e.